The average molecular weight is 391 g/mol. The number of hydrogen-bond acceptors (Lipinski definition) is 0. The minimum atomic E-state index is 0.660. The molecule has 0 aromatic heterocycles. The van der Waals surface area contributed by atoms with Crippen LogP contribution in [0.1, 0.15) is 48.6 Å². The molecule has 2 aromatic rings. The monoisotopic (exact) mass is 390 g/mol. The van der Waals surface area contributed by atoms with Crippen LogP contribution in [0.5, 0.6) is 0 Å². The highest BCUT2D eigenvalue weighted by Gasteiger charge is 2.35. The highest BCUT2D eigenvalue weighted by atomic mass is 14.4. The van der Waals surface area contributed by atoms with Crippen molar-refractivity contribution in [3.8, 4) is 11.1 Å². The van der Waals surface area contributed by atoms with E-state index < -0.39 is 0 Å². The van der Waals surface area contributed by atoms with Gasteiger partial charge in [-0.3, -0.25) is 0 Å². The number of hydrogen-bond donors (Lipinski definition) is 0. The fourth-order valence-electron chi connectivity index (χ4n) is 6.61. The van der Waals surface area contributed by atoms with E-state index in [1.807, 2.05) is 0 Å². The van der Waals surface area contributed by atoms with Crippen molar-refractivity contribution in [2.24, 2.45) is 23.7 Å². The fraction of sp³-hybridized carbons (Fsp3) is 0.333. The Labute approximate surface area is 180 Å². The topological polar surface area (TPSA) is 0 Å². The van der Waals surface area contributed by atoms with Crippen LogP contribution in [0.2, 0.25) is 0 Å². The standard InChI is InChI=1S/C30H30/c1-2-10-23-19-26(18-22(23)9-1)29-15-6-5-14-28(29)24-11-7-12-25(20-24)30-17-16-21-8-3-4-13-27(21)30/h1-15,20-23,26-27,30H,16-19H2. The first-order chi connectivity index (χ1) is 14.9. The summed E-state index contributed by atoms with van der Waals surface area (Å²) in [6.45, 7) is 0. The van der Waals surface area contributed by atoms with Gasteiger partial charge < -0.3 is 0 Å². The summed E-state index contributed by atoms with van der Waals surface area (Å²) < 4.78 is 0. The molecular weight excluding hydrogens is 360 g/mol. The van der Waals surface area contributed by atoms with E-state index in [2.05, 4.69) is 97.1 Å². The summed E-state index contributed by atoms with van der Waals surface area (Å²) in [5.41, 5.74) is 5.93. The molecule has 0 radical (unpaired) electrons. The van der Waals surface area contributed by atoms with Gasteiger partial charge in [-0.05, 0) is 83.4 Å². The lowest BCUT2D eigenvalue weighted by Gasteiger charge is -2.23. The molecule has 0 heterocycles. The van der Waals surface area contributed by atoms with Gasteiger partial charge in [0.25, 0.3) is 0 Å². The first-order valence-corrected chi connectivity index (χ1v) is 11.8. The molecule has 6 rings (SSSR count). The lowest BCUT2D eigenvalue weighted by molar-refractivity contribution is 0.508. The van der Waals surface area contributed by atoms with Gasteiger partial charge in [0.1, 0.15) is 0 Å². The number of fused-ring (bicyclic) bond motifs is 2. The maximum Gasteiger partial charge on any atom is -0.00928 e. The predicted octanol–water partition coefficient (Wildman–Crippen LogP) is 7.83. The van der Waals surface area contributed by atoms with Crippen LogP contribution in [0, 0.1) is 23.7 Å². The van der Waals surface area contributed by atoms with Crippen molar-refractivity contribution in [1.29, 1.82) is 0 Å². The van der Waals surface area contributed by atoms with Crippen molar-refractivity contribution < 1.29 is 0 Å². The van der Waals surface area contributed by atoms with Crippen LogP contribution >= 0.6 is 0 Å². The second-order valence-electron chi connectivity index (χ2n) is 9.67. The molecule has 0 bridgehead atoms. The molecule has 30 heavy (non-hydrogen) atoms. The molecule has 0 spiro atoms. The lowest BCUT2D eigenvalue weighted by Crippen LogP contribution is -2.11. The zero-order chi connectivity index (χ0) is 19.9. The maximum atomic E-state index is 2.50. The van der Waals surface area contributed by atoms with E-state index in [0.29, 0.717) is 17.8 Å². The Bertz CT molecular complexity index is 1030. The van der Waals surface area contributed by atoms with Crippen LogP contribution in [0.4, 0.5) is 0 Å². The smallest absolute Gasteiger partial charge is 0.00928 e. The Kier molecular flexibility index (Phi) is 4.60. The molecular formula is C30H30. The summed E-state index contributed by atoms with van der Waals surface area (Å²) in [5.74, 6) is 4.18. The first kappa shape index (κ1) is 18.2. The van der Waals surface area contributed by atoms with Crippen molar-refractivity contribution in [2.45, 2.75) is 37.5 Å². The number of rotatable bonds is 3. The van der Waals surface area contributed by atoms with E-state index >= 15 is 0 Å². The van der Waals surface area contributed by atoms with Crippen molar-refractivity contribution in [3.63, 3.8) is 0 Å². The van der Waals surface area contributed by atoms with Gasteiger partial charge in [0.15, 0.2) is 0 Å². The molecule has 5 atom stereocenters. The first-order valence-electron chi connectivity index (χ1n) is 11.8. The Morgan fingerprint density at radius 2 is 1.37 bits per heavy atom. The zero-order valence-corrected chi connectivity index (χ0v) is 17.5. The molecule has 0 nitrogen and oxygen atoms in total. The molecule has 0 heteroatoms. The second kappa shape index (κ2) is 7.58. The van der Waals surface area contributed by atoms with Gasteiger partial charge in [0.05, 0.1) is 0 Å². The number of allylic oxidation sites excluding steroid dienone is 8. The average Bonchev–Trinajstić information content (AvgIpc) is 3.43. The molecule has 2 saturated carbocycles. The molecule has 2 aromatic carbocycles. The molecule has 0 saturated heterocycles. The summed E-state index contributed by atoms with van der Waals surface area (Å²) in [6.07, 6.45) is 23.9. The van der Waals surface area contributed by atoms with Gasteiger partial charge in [0, 0.05) is 0 Å². The molecule has 4 aliphatic rings. The van der Waals surface area contributed by atoms with E-state index in [9.17, 15) is 0 Å². The van der Waals surface area contributed by atoms with Gasteiger partial charge in [-0.15, -0.1) is 0 Å². The maximum absolute atomic E-state index is 2.50. The van der Waals surface area contributed by atoms with Crippen LogP contribution in [0.15, 0.2) is 97.1 Å². The number of benzene rings is 2. The normalized spacial score (nSPS) is 33.6. The van der Waals surface area contributed by atoms with Gasteiger partial charge in [-0.2, -0.15) is 0 Å². The molecule has 4 aliphatic carbocycles. The molecule has 2 fully saturated rings. The third-order valence-corrected chi connectivity index (χ3v) is 8.09. The molecule has 0 amide bonds. The summed E-state index contributed by atoms with van der Waals surface area (Å²) in [4.78, 5) is 0. The SMILES string of the molecule is C1=CC2CC(c3ccccc3-c3cccc(C4CCC5C=CC=CC54)c3)CC2C=C1. The highest BCUT2D eigenvalue weighted by Crippen LogP contribution is 2.49. The third kappa shape index (κ3) is 3.14. The molecule has 0 aliphatic heterocycles. The summed E-state index contributed by atoms with van der Waals surface area (Å²) >= 11 is 0. The summed E-state index contributed by atoms with van der Waals surface area (Å²) in [6, 6.07) is 18.7. The summed E-state index contributed by atoms with van der Waals surface area (Å²) in [7, 11) is 0. The lowest BCUT2D eigenvalue weighted by atomic mass is 9.81. The Morgan fingerprint density at radius 3 is 2.20 bits per heavy atom. The minimum Gasteiger partial charge on any atom is -0.0808 e. The van der Waals surface area contributed by atoms with E-state index in [1.165, 1.54) is 42.4 Å². The van der Waals surface area contributed by atoms with Crippen LogP contribution in [-0.2, 0) is 0 Å². The minimum absolute atomic E-state index is 0.660. The van der Waals surface area contributed by atoms with E-state index in [0.717, 1.165) is 17.8 Å². The Hall–Kier alpha value is -2.60. The van der Waals surface area contributed by atoms with Crippen molar-refractivity contribution in [3.05, 3.63) is 108 Å². The summed E-state index contributed by atoms with van der Waals surface area (Å²) in [5, 5.41) is 0. The molecule has 150 valence electrons. The fourth-order valence-corrected chi connectivity index (χ4v) is 6.61. The van der Waals surface area contributed by atoms with Crippen molar-refractivity contribution in [1.82, 2.24) is 0 Å². The molecule has 5 unspecified atom stereocenters. The van der Waals surface area contributed by atoms with Crippen LogP contribution in [0.25, 0.3) is 11.1 Å². The van der Waals surface area contributed by atoms with Crippen molar-refractivity contribution in [2.75, 3.05) is 0 Å². The van der Waals surface area contributed by atoms with Crippen molar-refractivity contribution >= 4 is 0 Å². The van der Waals surface area contributed by atoms with E-state index in [4.69, 9.17) is 0 Å². The van der Waals surface area contributed by atoms with Gasteiger partial charge in [-0.25, -0.2) is 0 Å². The Morgan fingerprint density at radius 1 is 0.633 bits per heavy atom. The van der Waals surface area contributed by atoms with Gasteiger partial charge in [0.2, 0.25) is 0 Å². The zero-order valence-electron chi connectivity index (χ0n) is 17.5. The second-order valence-corrected chi connectivity index (χ2v) is 9.67. The van der Waals surface area contributed by atoms with E-state index in [-0.39, 0.29) is 0 Å². The van der Waals surface area contributed by atoms with Crippen LogP contribution < -0.4 is 0 Å². The third-order valence-electron chi connectivity index (χ3n) is 8.09. The molecule has 0 N–H and O–H groups in total. The largest absolute Gasteiger partial charge is 0.0808 e. The van der Waals surface area contributed by atoms with Gasteiger partial charge in [-0.1, -0.05) is 97.1 Å². The van der Waals surface area contributed by atoms with Gasteiger partial charge >= 0.3 is 0 Å². The highest BCUT2D eigenvalue weighted by molar-refractivity contribution is 5.69. The predicted molar refractivity (Wildman–Crippen MR) is 126 cm³/mol. The van der Waals surface area contributed by atoms with Crippen LogP contribution in [0.3, 0.4) is 0 Å². The Balaban J connectivity index is 1.32. The van der Waals surface area contributed by atoms with Crippen LogP contribution in [-0.4, -0.2) is 0 Å². The quantitative estimate of drug-likeness (QED) is 0.501. The van der Waals surface area contributed by atoms with E-state index in [1.54, 1.807) is 5.56 Å².